The Labute approximate surface area is 134 Å². The van der Waals surface area contributed by atoms with Crippen LogP contribution in [-0.2, 0) is 14.3 Å². The Bertz CT molecular complexity index is 662. The highest BCUT2D eigenvalue weighted by Crippen LogP contribution is 2.45. The summed E-state index contributed by atoms with van der Waals surface area (Å²) >= 11 is 0. The van der Waals surface area contributed by atoms with Gasteiger partial charge in [0.05, 0.1) is 19.1 Å². The molecular weight excluding hydrogens is 296 g/mol. The molecule has 3 aliphatic heterocycles. The van der Waals surface area contributed by atoms with Gasteiger partial charge >= 0.3 is 0 Å². The van der Waals surface area contributed by atoms with Crippen molar-refractivity contribution in [2.45, 2.75) is 31.5 Å². The number of nitrogens with zero attached hydrogens (tertiary/aromatic N) is 2. The summed E-state index contributed by atoms with van der Waals surface area (Å²) in [4.78, 5) is 28.3. The molecule has 3 aliphatic rings. The standard InChI is InChI=1S/C17H20N2O4/c1-12-4-2-3-5-13(12)22-11-16(21)18-7-6-17-14(18)10-15(20)19(17)8-9-23-17/h2-5,14H,6-11H2,1H3/t14-,17+/m1/s1. The zero-order valence-electron chi connectivity index (χ0n) is 13.2. The van der Waals surface area contributed by atoms with Crippen LogP contribution in [0.15, 0.2) is 24.3 Å². The van der Waals surface area contributed by atoms with E-state index < -0.39 is 5.72 Å². The zero-order valence-corrected chi connectivity index (χ0v) is 13.2. The van der Waals surface area contributed by atoms with E-state index in [1.165, 1.54) is 0 Å². The SMILES string of the molecule is Cc1ccccc1OCC(=O)N1CC[C@@]23OCCN2C(=O)C[C@@H]13. The minimum atomic E-state index is -0.574. The lowest BCUT2D eigenvalue weighted by atomic mass is 10.1. The minimum absolute atomic E-state index is 0.00831. The van der Waals surface area contributed by atoms with Crippen LogP contribution in [0.4, 0.5) is 0 Å². The smallest absolute Gasteiger partial charge is 0.260 e. The van der Waals surface area contributed by atoms with Crippen molar-refractivity contribution in [3.63, 3.8) is 0 Å². The van der Waals surface area contributed by atoms with Gasteiger partial charge in [0.2, 0.25) is 5.91 Å². The average molecular weight is 316 g/mol. The van der Waals surface area contributed by atoms with Gasteiger partial charge in [-0.1, -0.05) is 18.2 Å². The predicted molar refractivity (Wildman–Crippen MR) is 81.8 cm³/mol. The molecule has 1 spiro atoms. The van der Waals surface area contributed by atoms with Crippen molar-refractivity contribution >= 4 is 11.8 Å². The Hall–Kier alpha value is -2.08. The van der Waals surface area contributed by atoms with Crippen molar-refractivity contribution in [1.82, 2.24) is 9.80 Å². The third-order valence-electron chi connectivity index (χ3n) is 5.17. The van der Waals surface area contributed by atoms with Crippen LogP contribution >= 0.6 is 0 Å². The van der Waals surface area contributed by atoms with Crippen LogP contribution in [0.5, 0.6) is 5.75 Å². The Morgan fingerprint density at radius 2 is 2.22 bits per heavy atom. The number of para-hydroxylation sites is 1. The number of carbonyl (C=O) groups excluding carboxylic acids is 2. The van der Waals surface area contributed by atoms with E-state index in [4.69, 9.17) is 9.47 Å². The van der Waals surface area contributed by atoms with Gasteiger partial charge in [0.1, 0.15) is 5.75 Å². The molecule has 0 bridgehead atoms. The van der Waals surface area contributed by atoms with Gasteiger partial charge < -0.3 is 19.3 Å². The molecule has 0 N–H and O–H groups in total. The van der Waals surface area contributed by atoms with Crippen LogP contribution < -0.4 is 4.74 Å². The van der Waals surface area contributed by atoms with E-state index in [0.29, 0.717) is 32.5 Å². The number of likely N-dealkylation sites (tertiary alicyclic amines) is 1. The monoisotopic (exact) mass is 316 g/mol. The Morgan fingerprint density at radius 1 is 1.39 bits per heavy atom. The first-order chi connectivity index (χ1) is 11.1. The number of ether oxygens (including phenoxy) is 2. The van der Waals surface area contributed by atoms with Gasteiger partial charge in [-0.3, -0.25) is 9.59 Å². The molecule has 0 aromatic heterocycles. The van der Waals surface area contributed by atoms with Crippen molar-refractivity contribution in [3.8, 4) is 5.75 Å². The molecule has 0 unspecified atom stereocenters. The molecule has 6 nitrogen and oxygen atoms in total. The van der Waals surface area contributed by atoms with Gasteiger partial charge in [-0.05, 0) is 18.6 Å². The summed E-state index contributed by atoms with van der Waals surface area (Å²) in [6, 6.07) is 7.45. The maximum absolute atomic E-state index is 12.6. The predicted octanol–water partition coefficient (Wildman–Crippen LogP) is 0.934. The second-order valence-corrected chi connectivity index (χ2v) is 6.35. The fourth-order valence-corrected chi connectivity index (χ4v) is 4.03. The fourth-order valence-electron chi connectivity index (χ4n) is 4.03. The maximum Gasteiger partial charge on any atom is 0.260 e. The third kappa shape index (κ3) is 2.12. The van der Waals surface area contributed by atoms with Crippen molar-refractivity contribution in [3.05, 3.63) is 29.8 Å². The normalized spacial score (nSPS) is 28.9. The molecule has 2 atom stereocenters. The number of aryl methyl sites for hydroxylation is 1. The van der Waals surface area contributed by atoms with Gasteiger partial charge in [0.15, 0.2) is 12.3 Å². The topological polar surface area (TPSA) is 59.1 Å². The van der Waals surface area contributed by atoms with Crippen molar-refractivity contribution < 1.29 is 19.1 Å². The molecule has 1 aromatic rings. The highest BCUT2D eigenvalue weighted by atomic mass is 16.5. The third-order valence-corrected chi connectivity index (χ3v) is 5.17. The lowest BCUT2D eigenvalue weighted by Crippen LogP contribution is -2.49. The number of benzene rings is 1. The van der Waals surface area contributed by atoms with Crippen LogP contribution in [0.3, 0.4) is 0 Å². The van der Waals surface area contributed by atoms with Crippen LogP contribution in [-0.4, -0.2) is 59.7 Å². The second kappa shape index (κ2) is 5.23. The summed E-state index contributed by atoms with van der Waals surface area (Å²) in [6.07, 6.45) is 1.05. The molecule has 1 aromatic carbocycles. The molecule has 6 heteroatoms. The fraction of sp³-hybridized carbons (Fsp3) is 0.529. The number of amides is 2. The summed E-state index contributed by atoms with van der Waals surface area (Å²) in [5.74, 6) is 0.723. The highest BCUT2D eigenvalue weighted by Gasteiger charge is 2.62. The molecule has 0 radical (unpaired) electrons. The molecule has 0 aliphatic carbocycles. The largest absolute Gasteiger partial charge is 0.484 e. The molecular formula is C17H20N2O4. The van der Waals surface area contributed by atoms with E-state index in [2.05, 4.69) is 0 Å². The number of hydrogen-bond acceptors (Lipinski definition) is 4. The Morgan fingerprint density at radius 3 is 3.04 bits per heavy atom. The summed E-state index contributed by atoms with van der Waals surface area (Å²) < 4.78 is 11.6. The lowest BCUT2D eigenvalue weighted by molar-refractivity contribution is -0.140. The van der Waals surface area contributed by atoms with Crippen molar-refractivity contribution in [2.75, 3.05) is 26.3 Å². The molecule has 23 heavy (non-hydrogen) atoms. The number of rotatable bonds is 3. The highest BCUT2D eigenvalue weighted by molar-refractivity contribution is 5.85. The lowest BCUT2D eigenvalue weighted by Gasteiger charge is -2.31. The summed E-state index contributed by atoms with van der Waals surface area (Å²) in [6.45, 7) is 3.75. The van der Waals surface area contributed by atoms with Crippen molar-refractivity contribution in [2.24, 2.45) is 0 Å². The van der Waals surface area contributed by atoms with Gasteiger partial charge in [0, 0.05) is 19.5 Å². The van der Waals surface area contributed by atoms with Gasteiger partial charge in [0.25, 0.3) is 5.91 Å². The van der Waals surface area contributed by atoms with E-state index in [1.807, 2.05) is 36.1 Å². The number of carbonyl (C=O) groups is 2. The van der Waals surface area contributed by atoms with E-state index in [-0.39, 0.29) is 24.5 Å². The second-order valence-electron chi connectivity index (χ2n) is 6.35. The molecule has 0 saturated carbocycles. The van der Waals surface area contributed by atoms with Crippen LogP contribution in [0.2, 0.25) is 0 Å². The molecule has 122 valence electrons. The first kappa shape index (κ1) is 14.5. The first-order valence-corrected chi connectivity index (χ1v) is 8.04. The van der Waals surface area contributed by atoms with Gasteiger partial charge in [-0.15, -0.1) is 0 Å². The van der Waals surface area contributed by atoms with E-state index in [0.717, 1.165) is 11.3 Å². The summed E-state index contributed by atoms with van der Waals surface area (Å²) in [5.41, 5.74) is 0.426. The maximum atomic E-state index is 12.6. The Kier molecular flexibility index (Phi) is 3.30. The average Bonchev–Trinajstić information content (AvgIpc) is 3.18. The molecule has 3 saturated heterocycles. The number of hydrogen-bond donors (Lipinski definition) is 0. The summed E-state index contributed by atoms with van der Waals surface area (Å²) in [7, 11) is 0. The van der Waals surface area contributed by atoms with E-state index >= 15 is 0 Å². The first-order valence-electron chi connectivity index (χ1n) is 8.04. The van der Waals surface area contributed by atoms with Crippen molar-refractivity contribution in [1.29, 1.82) is 0 Å². The van der Waals surface area contributed by atoms with E-state index in [1.54, 1.807) is 4.90 Å². The van der Waals surface area contributed by atoms with Gasteiger partial charge in [-0.25, -0.2) is 0 Å². The molecule has 4 rings (SSSR count). The van der Waals surface area contributed by atoms with Crippen LogP contribution in [0.25, 0.3) is 0 Å². The van der Waals surface area contributed by atoms with Crippen LogP contribution in [0.1, 0.15) is 18.4 Å². The quantitative estimate of drug-likeness (QED) is 0.832. The van der Waals surface area contributed by atoms with Gasteiger partial charge in [-0.2, -0.15) is 0 Å². The minimum Gasteiger partial charge on any atom is -0.484 e. The summed E-state index contributed by atoms with van der Waals surface area (Å²) in [5, 5.41) is 0. The Balaban J connectivity index is 1.46. The van der Waals surface area contributed by atoms with E-state index in [9.17, 15) is 9.59 Å². The zero-order chi connectivity index (χ0) is 16.0. The molecule has 2 amide bonds. The van der Waals surface area contributed by atoms with Crippen LogP contribution in [0, 0.1) is 6.92 Å². The molecule has 3 fully saturated rings. The molecule has 3 heterocycles.